The number of hydrogen-bond acceptors (Lipinski definition) is 4. The highest BCUT2D eigenvalue weighted by molar-refractivity contribution is 6.01. The Bertz CT molecular complexity index is 627. The van der Waals surface area contributed by atoms with Crippen molar-refractivity contribution in [3.05, 3.63) is 29.6 Å². The maximum absolute atomic E-state index is 11.7. The molecule has 1 atom stereocenters. The number of nitrogens with zero attached hydrogens (tertiary/aromatic N) is 1. The van der Waals surface area contributed by atoms with Crippen molar-refractivity contribution in [2.45, 2.75) is 25.4 Å². The molecule has 0 aliphatic carbocycles. The molecule has 19 heavy (non-hydrogen) atoms. The summed E-state index contributed by atoms with van der Waals surface area (Å²) in [5, 5.41) is 0. The summed E-state index contributed by atoms with van der Waals surface area (Å²) in [6.07, 6.45) is 1.96. The Kier molecular flexibility index (Phi) is 2.78. The Morgan fingerprint density at radius 2 is 2.37 bits per heavy atom. The van der Waals surface area contributed by atoms with Crippen LogP contribution in [0.2, 0.25) is 0 Å². The van der Waals surface area contributed by atoms with Gasteiger partial charge < -0.3 is 14.5 Å². The van der Waals surface area contributed by atoms with Crippen molar-refractivity contribution in [1.29, 1.82) is 0 Å². The van der Waals surface area contributed by atoms with E-state index in [1.54, 1.807) is 6.07 Å². The highest BCUT2D eigenvalue weighted by Gasteiger charge is 2.35. The number of carbonyl (C=O) groups is 1. The topological polar surface area (TPSA) is 64.2 Å². The maximum atomic E-state index is 11.7. The highest BCUT2D eigenvalue weighted by Crippen LogP contribution is 2.35. The van der Waals surface area contributed by atoms with Crippen molar-refractivity contribution in [1.82, 2.24) is 9.97 Å². The van der Waals surface area contributed by atoms with Crippen LogP contribution in [0.25, 0.3) is 11.0 Å². The molecule has 1 fully saturated rings. The summed E-state index contributed by atoms with van der Waals surface area (Å²) < 4.78 is 10.6. The number of ether oxygens (including phenoxy) is 2. The molecule has 0 amide bonds. The molecule has 1 saturated heterocycles. The van der Waals surface area contributed by atoms with Gasteiger partial charge in [-0.2, -0.15) is 0 Å². The van der Waals surface area contributed by atoms with Crippen LogP contribution in [0.15, 0.2) is 18.2 Å². The molecule has 1 aromatic carbocycles. The summed E-state index contributed by atoms with van der Waals surface area (Å²) in [7, 11) is 1.37. The first-order chi connectivity index (χ1) is 9.14. The summed E-state index contributed by atoms with van der Waals surface area (Å²) in [5.74, 6) is 0.400. The van der Waals surface area contributed by atoms with Crippen molar-refractivity contribution in [2.24, 2.45) is 0 Å². The predicted molar refractivity (Wildman–Crippen MR) is 70.0 cm³/mol. The highest BCUT2D eigenvalue weighted by atomic mass is 16.5. The summed E-state index contributed by atoms with van der Waals surface area (Å²) in [6, 6.07) is 5.43. The lowest BCUT2D eigenvalue weighted by molar-refractivity contribution is 0.0103. The molecule has 0 bridgehead atoms. The smallest absolute Gasteiger partial charge is 0.340 e. The molecule has 100 valence electrons. The summed E-state index contributed by atoms with van der Waals surface area (Å²) >= 11 is 0. The number of imidazole rings is 1. The number of aromatic nitrogens is 2. The van der Waals surface area contributed by atoms with E-state index in [2.05, 4.69) is 9.97 Å². The third kappa shape index (κ3) is 1.90. The van der Waals surface area contributed by atoms with E-state index in [1.165, 1.54) is 7.11 Å². The minimum absolute atomic E-state index is 0.374. The minimum atomic E-state index is -0.383. The van der Waals surface area contributed by atoms with Gasteiger partial charge in [0, 0.05) is 6.61 Å². The number of carbonyl (C=O) groups excluding carboxylic acids is 1. The normalized spacial score (nSPS) is 22.8. The standard InChI is InChI=1S/C14H16N2O3/c1-14(7-4-8-19-14)13-15-10-6-3-5-9(11(10)16-13)12(17)18-2/h3,5-6H,4,7-8H2,1-2H3,(H,15,16). The van der Waals surface area contributed by atoms with Gasteiger partial charge in [0.15, 0.2) is 0 Å². The number of fused-ring (bicyclic) bond motifs is 1. The van der Waals surface area contributed by atoms with Crippen LogP contribution in [0.3, 0.4) is 0 Å². The van der Waals surface area contributed by atoms with Gasteiger partial charge in [-0.05, 0) is 31.9 Å². The largest absolute Gasteiger partial charge is 0.465 e. The molecule has 2 aromatic rings. The Morgan fingerprint density at radius 1 is 1.53 bits per heavy atom. The number of methoxy groups -OCH3 is 1. The molecular formula is C14H16N2O3. The number of benzene rings is 1. The molecule has 1 aromatic heterocycles. The Hall–Kier alpha value is -1.88. The second-order valence-corrected chi connectivity index (χ2v) is 4.96. The first kappa shape index (κ1) is 12.2. The number of H-pyrrole nitrogens is 1. The lowest BCUT2D eigenvalue weighted by Crippen LogP contribution is -2.21. The van der Waals surface area contributed by atoms with Crippen LogP contribution in [-0.2, 0) is 15.1 Å². The van der Waals surface area contributed by atoms with Crippen LogP contribution < -0.4 is 0 Å². The van der Waals surface area contributed by atoms with E-state index >= 15 is 0 Å². The van der Waals surface area contributed by atoms with Crippen LogP contribution in [0.4, 0.5) is 0 Å². The zero-order valence-electron chi connectivity index (χ0n) is 11.0. The van der Waals surface area contributed by atoms with E-state index in [1.807, 2.05) is 19.1 Å². The Balaban J connectivity index is 2.13. The molecule has 5 heteroatoms. The monoisotopic (exact) mass is 260 g/mol. The fourth-order valence-corrected chi connectivity index (χ4v) is 2.52. The molecule has 3 rings (SSSR count). The summed E-state index contributed by atoms with van der Waals surface area (Å²) in [6.45, 7) is 2.77. The Labute approximate surface area is 110 Å². The first-order valence-electron chi connectivity index (χ1n) is 6.35. The van der Waals surface area contributed by atoms with Crippen molar-refractivity contribution in [2.75, 3.05) is 13.7 Å². The second kappa shape index (κ2) is 4.35. The molecule has 1 aliphatic heterocycles. The fraction of sp³-hybridized carbons (Fsp3) is 0.429. The molecule has 0 saturated carbocycles. The van der Waals surface area contributed by atoms with Crippen molar-refractivity contribution < 1.29 is 14.3 Å². The van der Waals surface area contributed by atoms with E-state index in [9.17, 15) is 4.79 Å². The SMILES string of the molecule is COC(=O)c1cccc2[nH]c(C3(C)CCCO3)nc12. The lowest BCUT2D eigenvalue weighted by Gasteiger charge is -2.19. The van der Waals surface area contributed by atoms with E-state index in [4.69, 9.17) is 9.47 Å². The van der Waals surface area contributed by atoms with E-state index in [0.29, 0.717) is 11.1 Å². The summed E-state index contributed by atoms with van der Waals surface area (Å²) in [5.41, 5.74) is 1.56. The van der Waals surface area contributed by atoms with Crippen molar-refractivity contribution in [3.8, 4) is 0 Å². The van der Waals surface area contributed by atoms with Gasteiger partial charge >= 0.3 is 5.97 Å². The van der Waals surface area contributed by atoms with Crippen LogP contribution in [0.1, 0.15) is 35.9 Å². The van der Waals surface area contributed by atoms with Gasteiger partial charge in [0.05, 0.1) is 18.2 Å². The van der Waals surface area contributed by atoms with E-state index < -0.39 is 0 Å². The second-order valence-electron chi connectivity index (χ2n) is 4.96. The van der Waals surface area contributed by atoms with E-state index in [0.717, 1.165) is 30.8 Å². The third-order valence-electron chi connectivity index (χ3n) is 3.64. The quantitative estimate of drug-likeness (QED) is 0.842. The average Bonchev–Trinajstić information content (AvgIpc) is 3.04. The third-order valence-corrected chi connectivity index (χ3v) is 3.64. The summed E-state index contributed by atoms with van der Waals surface area (Å²) in [4.78, 5) is 19.5. The molecule has 1 N–H and O–H groups in total. The minimum Gasteiger partial charge on any atom is -0.465 e. The van der Waals surface area contributed by atoms with Crippen molar-refractivity contribution in [3.63, 3.8) is 0 Å². The number of aromatic amines is 1. The molecule has 5 nitrogen and oxygen atoms in total. The molecule has 1 unspecified atom stereocenters. The van der Waals surface area contributed by atoms with Gasteiger partial charge in [0.1, 0.15) is 16.9 Å². The fourth-order valence-electron chi connectivity index (χ4n) is 2.52. The van der Waals surface area contributed by atoms with Crippen molar-refractivity contribution >= 4 is 17.0 Å². The van der Waals surface area contributed by atoms with Gasteiger partial charge in [0.2, 0.25) is 0 Å². The number of hydrogen-bond donors (Lipinski definition) is 1. The Morgan fingerprint density at radius 3 is 3.05 bits per heavy atom. The average molecular weight is 260 g/mol. The van der Waals surface area contributed by atoms with Crippen LogP contribution in [0.5, 0.6) is 0 Å². The zero-order valence-corrected chi connectivity index (χ0v) is 11.0. The van der Waals surface area contributed by atoms with Crippen LogP contribution in [0, 0.1) is 0 Å². The first-order valence-corrected chi connectivity index (χ1v) is 6.35. The van der Waals surface area contributed by atoms with Gasteiger partial charge in [-0.15, -0.1) is 0 Å². The number of para-hydroxylation sites is 1. The van der Waals surface area contributed by atoms with Crippen LogP contribution in [-0.4, -0.2) is 29.7 Å². The zero-order chi connectivity index (χ0) is 13.5. The predicted octanol–water partition coefficient (Wildman–Crippen LogP) is 2.38. The van der Waals surface area contributed by atoms with Gasteiger partial charge in [-0.1, -0.05) is 6.07 Å². The lowest BCUT2D eigenvalue weighted by atomic mass is 10.0. The number of nitrogens with one attached hydrogen (secondary N) is 1. The van der Waals surface area contributed by atoms with Gasteiger partial charge in [-0.25, -0.2) is 9.78 Å². The maximum Gasteiger partial charge on any atom is 0.340 e. The van der Waals surface area contributed by atoms with Gasteiger partial charge in [0.25, 0.3) is 0 Å². The number of rotatable bonds is 2. The molecule has 0 spiro atoms. The molecule has 2 heterocycles. The van der Waals surface area contributed by atoms with Crippen LogP contribution >= 0.6 is 0 Å². The molecule has 0 radical (unpaired) electrons. The van der Waals surface area contributed by atoms with Gasteiger partial charge in [-0.3, -0.25) is 0 Å². The molecule has 1 aliphatic rings. The molecular weight excluding hydrogens is 244 g/mol. The van der Waals surface area contributed by atoms with E-state index in [-0.39, 0.29) is 11.6 Å². The number of esters is 1.